The van der Waals surface area contributed by atoms with E-state index in [0.29, 0.717) is 38.8 Å². The summed E-state index contributed by atoms with van der Waals surface area (Å²) in [6.45, 7) is 2.77. The van der Waals surface area contributed by atoms with E-state index in [4.69, 9.17) is 16.0 Å². The number of carbonyl (C=O) groups excluding carboxylic acids is 1. The molecular formula is C23H22ClN5O4S. The highest BCUT2D eigenvalue weighted by atomic mass is 35.5. The van der Waals surface area contributed by atoms with E-state index >= 15 is 0 Å². The number of hydrogen-bond donors (Lipinski definition) is 0. The molecule has 0 spiro atoms. The van der Waals surface area contributed by atoms with Gasteiger partial charge in [0.1, 0.15) is 5.69 Å². The molecule has 3 aromatic heterocycles. The normalized spacial score (nSPS) is 15.2. The number of sulfonamides is 1. The zero-order chi connectivity index (χ0) is 24.0. The average Bonchev–Trinajstić information content (AvgIpc) is 3.47. The number of fused-ring (bicyclic) bond motifs is 1. The molecule has 1 fully saturated rings. The first-order valence-corrected chi connectivity index (χ1v) is 12.5. The summed E-state index contributed by atoms with van der Waals surface area (Å²) in [4.78, 5) is 20.1. The molecule has 0 aliphatic carbocycles. The van der Waals surface area contributed by atoms with E-state index in [2.05, 4.69) is 10.1 Å². The van der Waals surface area contributed by atoms with Gasteiger partial charge in [0.15, 0.2) is 11.4 Å². The van der Waals surface area contributed by atoms with Crippen LogP contribution in [0.25, 0.3) is 22.5 Å². The average molecular weight is 500 g/mol. The molecule has 4 aromatic rings. The van der Waals surface area contributed by atoms with Gasteiger partial charge >= 0.3 is 0 Å². The lowest BCUT2D eigenvalue weighted by Crippen LogP contribution is -2.50. The molecule has 0 bridgehead atoms. The summed E-state index contributed by atoms with van der Waals surface area (Å²) in [5, 5.41) is 5.59. The van der Waals surface area contributed by atoms with Gasteiger partial charge in [-0.15, -0.1) is 0 Å². The Morgan fingerprint density at radius 2 is 1.79 bits per heavy atom. The number of piperazine rings is 1. The molecule has 0 atom stereocenters. The lowest BCUT2D eigenvalue weighted by molar-refractivity contribution is 0.0700. The number of furan rings is 1. The maximum Gasteiger partial charge on any atom is 0.254 e. The van der Waals surface area contributed by atoms with Crippen LogP contribution in [0.2, 0.25) is 5.02 Å². The fourth-order valence-electron chi connectivity index (χ4n) is 4.22. The van der Waals surface area contributed by atoms with Crippen LogP contribution in [0.1, 0.15) is 16.1 Å². The quantitative estimate of drug-likeness (QED) is 0.427. The number of amides is 1. The van der Waals surface area contributed by atoms with Crippen molar-refractivity contribution >= 4 is 38.6 Å². The zero-order valence-electron chi connectivity index (χ0n) is 18.6. The van der Waals surface area contributed by atoms with Crippen molar-refractivity contribution in [3.05, 3.63) is 65.0 Å². The number of rotatable bonds is 4. The minimum atomic E-state index is -3.67. The Morgan fingerprint density at radius 1 is 1.09 bits per heavy atom. The first kappa shape index (κ1) is 22.6. The van der Waals surface area contributed by atoms with Gasteiger partial charge in [0.05, 0.1) is 27.8 Å². The molecule has 1 aromatic carbocycles. The van der Waals surface area contributed by atoms with Gasteiger partial charge in [-0.3, -0.25) is 9.48 Å². The van der Waals surface area contributed by atoms with Crippen LogP contribution in [0.15, 0.2) is 58.0 Å². The van der Waals surface area contributed by atoms with Crippen LogP contribution < -0.4 is 0 Å². The van der Waals surface area contributed by atoms with Crippen molar-refractivity contribution in [3.63, 3.8) is 0 Å². The van der Waals surface area contributed by atoms with E-state index < -0.39 is 10.0 Å². The smallest absolute Gasteiger partial charge is 0.254 e. The second-order valence-electron chi connectivity index (χ2n) is 8.09. The van der Waals surface area contributed by atoms with Crippen LogP contribution in [-0.2, 0) is 17.1 Å². The summed E-state index contributed by atoms with van der Waals surface area (Å²) in [6.07, 6.45) is 1.55. The van der Waals surface area contributed by atoms with Crippen molar-refractivity contribution in [1.82, 2.24) is 24.0 Å². The summed E-state index contributed by atoms with van der Waals surface area (Å²) in [6, 6.07) is 11.3. The molecule has 1 aliphatic rings. The predicted molar refractivity (Wildman–Crippen MR) is 127 cm³/mol. The highest BCUT2D eigenvalue weighted by Crippen LogP contribution is 2.29. The van der Waals surface area contributed by atoms with Crippen LogP contribution in [0.4, 0.5) is 0 Å². The van der Waals surface area contributed by atoms with Gasteiger partial charge in [-0.25, -0.2) is 13.4 Å². The fourth-order valence-corrected chi connectivity index (χ4v) is 5.77. The Kier molecular flexibility index (Phi) is 5.67. The Labute approximate surface area is 201 Å². The van der Waals surface area contributed by atoms with E-state index in [1.165, 1.54) is 16.4 Å². The molecule has 1 aliphatic heterocycles. The van der Waals surface area contributed by atoms with Gasteiger partial charge in [-0.1, -0.05) is 11.6 Å². The van der Waals surface area contributed by atoms with Gasteiger partial charge in [0, 0.05) is 38.2 Å². The molecule has 11 heteroatoms. The molecule has 4 heterocycles. The maximum absolute atomic E-state index is 13.6. The first-order chi connectivity index (χ1) is 16.3. The molecule has 1 saturated heterocycles. The SMILES string of the molecule is Cc1nn(C)c2nc(-c3ccco3)cc(C(=O)N3CCN(S(=O)(=O)c4ccc(Cl)cc4)CC3)c12. The van der Waals surface area contributed by atoms with Crippen molar-refractivity contribution in [2.24, 2.45) is 7.05 Å². The standard InChI is InChI=1S/C23H22ClN5O4S/c1-15-21-18(14-19(20-4-3-13-33-20)25-22(21)27(2)26-15)23(30)28-9-11-29(12-10-28)34(31,32)17-7-5-16(24)6-8-17/h3-8,13-14H,9-12H2,1-2H3. The minimum Gasteiger partial charge on any atom is -0.463 e. The molecule has 0 N–H and O–H groups in total. The van der Waals surface area contributed by atoms with E-state index in [-0.39, 0.29) is 37.0 Å². The summed E-state index contributed by atoms with van der Waals surface area (Å²) in [7, 11) is -1.89. The Bertz CT molecular complexity index is 1470. The van der Waals surface area contributed by atoms with E-state index in [1.54, 1.807) is 53.2 Å². The third kappa shape index (κ3) is 3.87. The third-order valence-electron chi connectivity index (χ3n) is 5.95. The number of pyridine rings is 1. The molecule has 5 rings (SSSR count). The molecule has 0 radical (unpaired) electrons. The van der Waals surface area contributed by atoms with Crippen molar-refractivity contribution in [3.8, 4) is 11.5 Å². The Hall–Kier alpha value is -3.21. The summed E-state index contributed by atoms with van der Waals surface area (Å²) < 4.78 is 34.5. The lowest BCUT2D eigenvalue weighted by atomic mass is 10.1. The van der Waals surface area contributed by atoms with Crippen LogP contribution in [-0.4, -0.2) is 64.5 Å². The van der Waals surface area contributed by atoms with Crippen molar-refractivity contribution in [2.75, 3.05) is 26.2 Å². The van der Waals surface area contributed by atoms with Crippen LogP contribution in [0.3, 0.4) is 0 Å². The molecule has 1 amide bonds. The van der Waals surface area contributed by atoms with E-state index in [1.807, 2.05) is 6.92 Å². The summed E-state index contributed by atoms with van der Waals surface area (Å²) >= 11 is 5.89. The second kappa shape index (κ2) is 8.53. The van der Waals surface area contributed by atoms with Crippen LogP contribution >= 0.6 is 11.6 Å². The number of hydrogen-bond acceptors (Lipinski definition) is 6. The van der Waals surface area contributed by atoms with E-state index in [0.717, 1.165) is 0 Å². The minimum absolute atomic E-state index is 0.182. The summed E-state index contributed by atoms with van der Waals surface area (Å²) in [5.41, 5.74) is 2.28. The molecule has 34 heavy (non-hydrogen) atoms. The fraction of sp³-hybridized carbons (Fsp3) is 0.261. The zero-order valence-corrected chi connectivity index (χ0v) is 20.2. The largest absolute Gasteiger partial charge is 0.463 e. The number of aryl methyl sites for hydroxylation is 2. The molecule has 176 valence electrons. The maximum atomic E-state index is 13.6. The van der Waals surface area contributed by atoms with Gasteiger partial charge in [-0.2, -0.15) is 9.40 Å². The molecule has 9 nitrogen and oxygen atoms in total. The first-order valence-electron chi connectivity index (χ1n) is 10.7. The number of benzene rings is 1. The molecule has 0 saturated carbocycles. The molecule has 0 unspecified atom stereocenters. The number of halogens is 1. The van der Waals surface area contributed by atoms with Gasteiger partial charge in [0.25, 0.3) is 5.91 Å². The highest BCUT2D eigenvalue weighted by molar-refractivity contribution is 7.89. The third-order valence-corrected chi connectivity index (χ3v) is 8.11. The van der Waals surface area contributed by atoms with Crippen LogP contribution in [0.5, 0.6) is 0 Å². The van der Waals surface area contributed by atoms with Gasteiger partial charge in [-0.05, 0) is 49.4 Å². The summed E-state index contributed by atoms with van der Waals surface area (Å²) in [5.74, 6) is 0.355. The lowest BCUT2D eigenvalue weighted by Gasteiger charge is -2.34. The second-order valence-corrected chi connectivity index (χ2v) is 10.5. The number of aromatic nitrogens is 3. The van der Waals surface area contributed by atoms with Crippen molar-refractivity contribution < 1.29 is 17.6 Å². The Balaban J connectivity index is 1.43. The van der Waals surface area contributed by atoms with Crippen molar-refractivity contribution in [2.45, 2.75) is 11.8 Å². The number of carbonyl (C=O) groups is 1. The number of nitrogens with zero attached hydrogens (tertiary/aromatic N) is 5. The molecular weight excluding hydrogens is 478 g/mol. The highest BCUT2D eigenvalue weighted by Gasteiger charge is 2.32. The van der Waals surface area contributed by atoms with E-state index in [9.17, 15) is 13.2 Å². The Morgan fingerprint density at radius 3 is 2.44 bits per heavy atom. The van der Waals surface area contributed by atoms with Gasteiger partial charge < -0.3 is 9.32 Å². The van der Waals surface area contributed by atoms with Crippen LogP contribution in [0, 0.1) is 6.92 Å². The van der Waals surface area contributed by atoms with Gasteiger partial charge in [0.2, 0.25) is 10.0 Å². The van der Waals surface area contributed by atoms with Crippen molar-refractivity contribution in [1.29, 1.82) is 0 Å². The monoisotopic (exact) mass is 499 g/mol. The topological polar surface area (TPSA) is 102 Å². The predicted octanol–water partition coefficient (Wildman–Crippen LogP) is 3.34.